The second-order valence-corrected chi connectivity index (χ2v) is 4.30. The normalized spacial score (nSPS) is 10.5. The number of alkyl halides is 1. The van der Waals surface area contributed by atoms with Gasteiger partial charge in [0, 0.05) is 25.0 Å². The third-order valence-corrected chi connectivity index (χ3v) is 2.99. The lowest BCUT2D eigenvalue weighted by atomic mass is 10.1. The van der Waals surface area contributed by atoms with Crippen molar-refractivity contribution in [3.05, 3.63) is 42.5 Å². The van der Waals surface area contributed by atoms with E-state index in [-0.39, 0.29) is 5.91 Å². The fourth-order valence-electron chi connectivity index (χ4n) is 1.78. The van der Waals surface area contributed by atoms with Crippen LogP contribution >= 0.6 is 11.6 Å². The van der Waals surface area contributed by atoms with E-state index in [1.807, 2.05) is 36.4 Å². The van der Waals surface area contributed by atoms with Crippen LogP contribution in [0.2, 0.25) is 0 Å². The number of halogens is 1. The van der Waals surface area contributed by atoms with Crippen LogP contribution in [0.3, 0.4) is 0 Å². The van der Waals surface area contributed by atoms with Gasteiger partial charge in [0.25, 0.3) is 0 Å². The van der Waals surface area contributed by atoms with E-state index >= 15 is 0 Å². The lowest BCUT2D eigenvalue weighted by Gasteiger charge is -2.17. The van der Waals surface area contributed by atoms with E-state index in [1.54, 1.807) is 11.9 Å². The molecule has 0 N–H and O–H groups in total. The Labute approximate surface area is 106 Å². The molecule has 2 rings (SSSR count). The molecule has 0 atom stereocenters. The molecule has 0 saturated carbocycles. The first kappa shape index (κ1) is 11.9. The van der Waals surface area contributed by atoms with E-state index in [9.17, 15) is 4.79 Å². The van der Waals surface area contributed by atoms with Crippen LogP contribution in [0.15, 0.2) is 42.5 Å². The molecular weight excluding hydrogens is 234 g/mol. The number of carbonyl (C=O) groups is 1. The van der Waals surface area contributed by atoms with Crippen LogP contribution in [0.25, 0.3) is 10.8 Å². The smallest absolute Gasteiger partial charge is 0.227 e. The topological polar surface area (TPSA) is 20.3 Å². The van der Waals surface area contributed by atoms with Crippen molar-refractivity contribution in [1.29, 1.82) is 0 Å². The molecule has 0 saturated heterocycles. The first-order chi connectivity index (χ1) is 8.22. The van der Waals surface area contributed by atoms with Crippen LogP contribution in [0, 0.1) is 0 Å². The zero-order chi connectivity index (χ0) is 12.3. The Hall–Kier alpha value is -1.54. The number of anilines is 1. The molecule has 1 amide bonds. The molecule has 0 bridgehead atoms. The molecule has 2 aromatic rings. The number of carbonyl (C=O) groups excluding carboxylic acids is 1. The van der Waals surface area contributed by atoms with Crippen LogP contribution in [0.1, 0.15) is 6.42 Å². The number of rotatable bonds is 3. The quantitative estimate of drug-likeness (QED) is 0.761. The van der Waals surface area contributed by atoms with Gasteiger partial charge >= 0.3 is 0 Å². The third-order valence-electron chi connectivity index (χ3n) is 2.80. The maximum absolute atomic E-state index is 11.7. The van der Waals surface area contributed by atoms with Crippen molar-refractivity contribution in [2.75, 3.05) is 17.8 Å². The largest absolute Gasteiger partial charge is 0.315 e. The second kappa shape index (κ2) is 5.19. The molecule has 0 radical (unpaired) electrons. The molecule has 0 unspecified atom stereocenters. The molecule has 0 aliphatic rings. The first-order valence-corrected chi connectivity index (χ1v) is 6.07. The second-order valence-electron chi connectivity index (χ2n) is 3.92. The summed E-state index contributed by atoms with van der Waals surface area (Å²) >= 11 is 5.58. The number of fused-ring (bicyclic) bond motifs is 1. The van der Waals surface area contributed by atoms with Crippen molar-refractivity contribution in [3.8, 4) is 0 Å². The van der Waals surface area contributed by atoms with Crippen LogP contribution in [-0.4, -0.2) is 18.8 Å². The van der Waals surface area contributed by atoms with Gasteiger partial charge in [-0.05, 0) is 22.9 Å². The van der Waals surface area contributed by atoms with Gasteiger partial charge < -0.3 is 4.90 Å². The van der Waals surface area contributed by atoms with Gasteiger partial charge in [-0.25, -0.2) is 0 Å². The SMILES string of the molecule is CN(C(=O)CCCl)c1ccc2ccccc2c1. The Kier molecular flexibility index (Phi) is 3.64. The minimum atomic E-state index is 0.0373. The standard InChI is InChI=1S/C14H14ClNO/c1-16(14(17)8-9-15)13-7-6-11-4-2-3-5-12(11)10-13/h2-7,10H,8-9H2,1H3. The molecule has 0 fully saturated rings. The number of hydrogen-bond donors (Lipinski definition) is 0. The van der Waals surface area contributed by atoms with Gasteiger partial charge in [0.15, 0.2) is 0 Å². The van der Waals surface area contributed by atoms with Crippen molar-refractivity contribution in [2.45, 2.75) is 6.42 Å². The van der Waals surface area contributed by atoms with Gasteiger partial charge in [-0.3, -0.25) is 4.79 Å². The van der Waals surface area contributed by atoms with Gasteiger partial charge in [0.05, 0.1) is 0 Å². The maximum atomic E-state index is 11.7. The minimum absolute atomic E-state index is 0.0373. The van der Waals surface area contributed by atoms with Crippen LogP contribution < -0.4 is 4.90 Å². The third kappa shape index (κ3) is 2.59. The average Bonchev–Trinajstić information content (AvgIpc) is 2.37. The lowest BCUT2D eigenvalue weighted by molar-refractivity contribution is -0.117. The summed E-state index contributed by atoms with van der Waals surface area (Å²) in [6.45, 7) is 0. The molecule has 2 nitrogen and oxygen atoms in total. The van der Waals surface area contributed by atoms with Gasteiger partial charge in [0.1, 0.15) is 0 Å². The Morgan fingerprint density at radius 3 is 2.59 bits per heavy atom. The summed E-state index contributed by atoms with van der Waals surface area (Å²) in [5.41, 5.74) is 0.902. The average molecular weight is 248 g/mol. The predicted molar refractivity (Wildman–Crippen MR) is 72.7 cm³/mol. The summed E-state index contributed by atoms with van der Waals surface area (Å²) < 4.78 is 0. The highest BCUT2D eigenvalue weighted by atomic mass is 35.5. The Bertz CT molecular complexity index is 538. The molecule has 0 heterocycles. The molecule has 3 heteroatoms. The van der Waals surface area contributed by atoms with E-state index in [1.165, 1.54) is 5.39 Å². The Morgan fingerprint density at radius 2 is 1.88 bits per heavy atom. The number of amides is 1. The first-order valence-electron chi connectivity index (χ1n) is 5.53. The van der Waals surface area contributed by atoms with E-state index in [2.05, 4.69) is 6.07 Å². The van der Waals surface area contributed by atoms with Crippen molar-refractivity contribution < 1.29 is 4.79 Å². The van der Waals surface area contributed by atoms with Gasteiger partial charge in [-0.2, -0.15) is 0 Å². The molecule has 0 aliphatic carbocycles. The van der Waals surface area contributed by atoms with Gasteiger partial charge in [-0.1, -0.05) is 30.3 Å². The fraction of sp³-hybridized carbons (Fsp3) is 0.214. The summed E-state index contributed by atoms with van der Waals surface area (Å²) in [5.74, 6) is 0.395. The van der Waals surface area contributed by atoms with E-state index in [4.69, 9.17) is 11.6 Å². The summed E-state index contributed by atoms with van der Waals surface area (Å²) in [6, 6.07) is 14.1. The highest BCUT2D eigenvalue weighted by molar-refractivity contribution is 6.19. The molecule has 88 valence electrons. The molecule has 0 aromatic heterocycles. The van der Waals surface area contributed by atoms with Gasteiger partial charge in [-0.15, -0.1) is 11.6 Å². The van der Waals surface area contributed by atoms with E-state index in [0.29, 0.717) is 12.3 Å². The van der Waals surface area contributed by atoms with Crippen molar-refractivity contribution in [2.24, 2.45) is 0 Å². The Morgan fingerprint density at radius 1 is 1.18 bits per heavy atom. The highest BCUT2D eigenvalue weighted by Gasteiger charge is 2.10. The van der Waals surface area contributed by atoms with Crippen LogP contribution in [-0.2, 0) is 4.79 Å². The number of nitrogens with zero attached hydrogens (tertiary/aromatic N) is 1. The summed E-state index contributed by atoms with van der Waals surface area (Å²) in [5, 5.41) is 2.31. The lowest BCUT2D eigenvalue weighted by Crippen LogP contribution is -2.26. The summed E-state index contributed by atoms with van der Waals surface area (Å²) in [4.78, 5) is 13.4. The molecular formula is C14H14ClNO. The highest BCUT2D eigenvalue weighted by Crippen LogP contribution is 2.21. The molecule has 0 aliphatic heterocycles. The maximum Gasteiger partial charge on any atom is 0.227 e. The van der Waals surface area contributed by atoms with Crippen molar-refractivity contribution >= 4 is 34.0 Å². The van der Waals surface area contributed by atoms with E-state index in [0.717, 1.165) is 11.1 Å². The number of hydrogen-bond acceptors (Lipinski definition) is 1. The minimum Gasteiger partial charge on any atom is -0.315 e. The molecule has 2 aromatic carbocycles. The zero-order valence-corrected chi connectivity index (χ0v) is 10.4. The van der Waals surface area contributed by atoms with Crippen molar-refractivity contribution in [3.63, 3.8) is 0 Å². The van der Waals surface area contributed by atoms with E-state index < -0.39 is 0 Å². The zero-order valence-electron chi connectivity index (χ0n) is 9.69. The monoisotopic (exact) mass is 247 g/mol. The number of benzene rings is 2. The summed E-state index contributed by atoms with van der Waals surface area (Å²) in [6.07, 6.45) is 0.366. The van der Waals surface area contributed by atoms with Crippen molar-refractivity contribution in [1.82, 2.24) is 0 Å². The molecule has 17 heavy (non-hydrogen) atoms. The Balaban J connectivity index is 2.32. The fourth-order valence-corrected chi connectivity index (χ4v) is 1.94. The van der Waals surface area contributed by atoms with Gasteiger partial charge in [0.2, 0.25) is 5.91 Å². The summed E-state index contributed by atoms with van der Waals surface area (Å²) in [7, 11) is 1.78. The van der Waals surface area contributed by atoms with Crippen LogP contribution in [0.5, 0.6) is 0 Å². The van der Waals surface area contributed by atoms with Crippen LogP contribution in [0.4, 0.5) is 5.69 Å². The predicted octanol–water partition coefficient (Wildman–Crippen LogP) is 3.43. The molecule has 0 spiro atoms.